The smallest absolute Gasteiger partial charge is 0.223 e. The number of amides is 1. The molecule has 2 aliphatic rings. The number of ether oxygens (including phenoxy) is 1. The molecule has 1 saturated heterocycles. The number of carbonyl (C=O) groups is 1. The van der Waals surface area contributed by atoms with E-state index >= 15 is 0 Å². The predicted octanol–water partition coefficient (Wildman–Crippen LogP) is 2.60. The minimum atomic E-state index is 0.227. The average molecular weight is 302 g/mol. The summed E-state index contributed by atoms with van der Waals surface area (Å²) < 4.78 is 5.24. The van der Waals surface area contributed by atoms with Gasteiger partial charge in [0.05, 0.1) is 13.2 Å². The predicted molar refractivity (Wildman–Crippen MR) is 86.8 cm³/mol. The van der Waals surface area contributed by atoms with Gasteiger partial charge in [0.25, 0.3) is 0 Å². The summed E-state index contributed by atoms with van der Waals surface area (Å²) in [5.74, 6) is 1.91. The summed E-state index contributed by atoms with van der Waals surface area (Å²) in [6, 6.07) is 8.51. The summed E-state index contributed by atoms with van der Waals surface area (Å²) >= 11 is 0. The van der Waals surface area contributed by atoms with Gasteiger partial charge in [0.1, 0.15) is 5.75 Å². The minimum absolute atomic E-state index is 0.227. The Morgan fingerprint density at radius 2 is 1.95 bits per heavy atom. The zero-order valence-electron chi connectivity index (χ0n) is 13.5. The van der Waals surface area contributed by atoms with Crippen LogP contribution >= 0.6 is 0 Å². The molecule has 0 bridgehead atoms. The molecule has 1 amide bonds. The molecule has 3 unspecified atom stereocenters. The maximum atomic E-state index is 12.1. The van der Waals surface area contributed by atoms with Crippen LogP contribution in [0, 0.1) is 11.8 Å². The summed E-state index contributed by atoms with van der Waals surface area (Å²) in [7, 11) is 1.68. The lowest BCUT2D eigenvalue weighted by molar-refractivity contribution is -0.122. The molecule has 120 valence electrons. The monoisotopic (exact) mass is 302 g/mol. The van der Waals surface area contributed by atoms with Gasteiger partial charge in [-0.3, -0.25) is 9.69 Å². The van der Waals surface area contributed by atoms with Crippen LogP contribution in [-0.2, 0) is 4.79 Å². The summed E-state index contributed by atoms with van der Waals surface area (Å²) in [5, 5.41) is 3.17. The highest BCUT2D eigenvalue weighted by molar-refractivity contribution is 5.81. The first-order chi connectivity index (χ1) is 10.7. The van der Waals surface area contributed by atoms with Crippen LogP contribution in [0.4, 0.5) is 0 Å². The molecule has 4 nitrogen and oxygen atoms in total. The second-order valence-electron chi connectivity index (χ2n) is 6.60. The molecule has 1 heterocycles. The summed E-state index contributed by atoms with van der Waals surface area (Å²) in [6.07, 6.45) is 3.54. The number of benzene rings is 1. The average Bonchev–Trinajstić information content (AvgIpc) is 3.04. The SMILES string of the molecule is COc1ccc(C(CNC(=O)C2CC2C)N2CCCC2)cc1. The lowest BCUT2D eigenvalue weighted by Gasteiger charge is -2.28. The molecule has 22 heavy (non-hydrogen) atoms. The molecule has 0 aromatic heterocycles. The van der Waals surface area contributed by atoms with Gasteiger partial charge < -0.3 is 10.1 Å². The molecule has 1 aromatic rings. The number of nitrogens with zero attached hydrogens (tertiary/aromatic N) is 1. The van der Waals surface area contributed by atoms with Gasteiger partial charge in [-0.15, -0.1) is 0 Å². The van der Waals surface area contributed by atoms with Crippen LogP contribution < -0.4 is 10.1 Å². The van der Waals surface area contributed by atoms with Gasteiger partial charge in [0.2, 0.25) is 5.91 Å². The second-order valence-corrected chi connectivity index (χ2v) is 6.60. The van der Waals surface area contributed by atoms with Gasteiger partial charge in [-0.1, -0.05) is 19.1 Å². The molecule has 0 spiro atoms. The van der Waals surface area contributed by atoms with Crippen molar-refractivity contribution in [1.82, 2.24) is 10.2 Å². The fraction of sp³-hybridized carbons (Fsp3) is 0.611. The van der Waals surface area contributed by atoms with E-state index in [1.165, 1.54) is 18.4 Å². The molecular formula is C18H26N2O2. The Hall–Kier alpha value is -1.55. The third-order valence-corrected chi connectivity index (χ3v) is 5.00. The van der Waals surface area contributed by atoms with E-state index in [4.69, 9.17) is 4.74 Å². The molecule has 2 fully saturated rings. The van der Waals surface area contributed by atoms with Crippen molar-refractivity contribution in [3.8, 4) is 5.75 Å². The number of hydrogen-bond acceptors (Lipinski definition) is 3. The molecule has 0 radical (unpaired) electrons. The van der Waals surface area contributed by atoms with E-state index in [-0.39, 0.29) is 17.9 Å². The van der Waals surface area contributed by atoms with E-state index < -0.39 is 0 Å². The van der Waals surface area contributed by atoms with Gasteiger partial charge >= 0.3 is 0 Å². The van der Waals surface area contributed by atoms with E-state index in [1.54, 1.807) is 7.11 Å². The highest BCUT2D eigenvalue weighted by atomic mass is 16.5. The zero-order chi connectivity index (χ0) is 15.5. The molecule has 1 N–H and O–H groups in total. The van der Waals surface area contributed by atoms with Crippen LogP contribution in [0.15, 0.2) is 24.3 Å². The van der Waals surface area contributed by atoms with E-state index in [9.17, 15) is 4.79 Å². The fourth-order valence-corrected chi connectivity index (χ4v) is 3.35. The van der Waals surface area contributed by atoms with E-state index in [0.29, 0.717) is 12.5 Å². The van der Waals surface area contributed by atoms with Crippen LogP contribution in [0.3, 0.4) is 0 Å². The Labute approximate surface area is 132 Å². The van der Waals surface area contributed by atoms with Crippen molar-refractivity contribution in [3.63, 3.8) is 0 Å². The van der Waals surface area contributed by atoms with Crippen LogP contribution in [0.1, 0.15) is 37.8 Å². The maximum absolute atomic E-state index is 12.1. The molecule has 1 aliphatic heterocycles. The fourth-order valence-electron chi connectivity index (χ4n) is 3.35. The van der Waals surface area contributed by atoms with Crippen molar-refractivity contribution in [2.45, 2.75) is 32.2 Å². The Balaban J connectivity index is 1.67. The van der Waals surface area contributed by atoms with Gasteiger partial charge in [-0.2, -0.15) is 0 Å². The number of rotatable bonds is 6. The lowest BCUT2D eigenvalue weighted by Crippen LogP contribution is -2.37. The van der Waals surface area contributed by atoms with Gasteiger partial charge in [0.15, 0.2) is 0 Å². The standard InChI is InChI=1S/C18H26N2O2/c1-13-11-16(13)18(21)19-12-17(20-9-3-4-10-20)14-5-7-15(22-2)8-6-14/h5-8,13,16-17H,3-4,9-12H2,1-2H3,(H,19,21). The van der Waals surface area contributed by atoms with Gasteiger partial charge in [-0.05, 0) is 56.0 Å². The molecule has 3 rings (SSSR count). The van der Waals surface area contributed by atoms with E-state index in [1.807, 2.05) is 12.1 Å². The van der Waals surface area contributed by atoms with Crippen molar-refractivity contribution < 1.29 is 9.53 Å². The largest absolute Gasteiger partial charge is 0.497 e. The number of carbonyl (C=O) groups excluding carboxylic acids is 1. The number of likely N-dealkylation sites (tertiary alicyclic amines) is 1. The third-order valence-electron chi connectivity index (χ3n) is 5.00. The summed E-state index contributed by atoms with van der Waals surface area (Å²) in [4.78, 5) is 14.6. The Kier molecular flexibility index (Phi) is 4.67. The first-order valence-electron chi connectivity index (χ1n) is 8.34. The molecule has 3 atom stereocenters. The molecule has 1 aliphatic carbocycles. The van der Waals surface area contributed by atoms with Crippen molar-refractivity contribution in [2.75, 3.05) is 26.7 Å². The van der Waals surface area contributed by atoms with Crippen LogP contribution in [0.2, 0.25) is 0 Å². The van der Waals surface area contributed by atoms with Crippen molar-refractivity contribution >= 4 is 5.91 Å². The topological polar surface area (TPSA) is 41.6 Å². The normalized spacial score (nSPS) is 25.7. The Morgan fingerprint density at radius 1 is 1.32 bits per heavy atom. The van der Waals surface area contributed by atoms with E-state index in [2.05, 4.69) is 29.3 Å². The van der Waals surface area contributed by atoms with Gasteiger partial charge in [0, 0.05) is 12.5 Å². The quantitative estimate of drug-likeness (QED) is 0.878. The number of methoxy groups -OCH3 is 1. The summed E-state index contributed by atoms with van der Waals surface area (Å²) in [6.45, 7) is 5.08. The summed E-state index contributed by atoms with van der Waals surface area (Å²) in [5.41, 5.74) is 1.26. The van der Waals surface area contributed by atoms with Gasteiger partial charge in [-0.25, -0.2) is 0 Å². The Bertz CT molecular complexity index is 508. The second kappa shape index (κ2) is 6.69. The van der Waals surface area contributed by atoms with Crippen LogP contribution in [0.25, 0.3) is 0 Å². The van der Waals surface area contributed by atoms with Crippen LogP contribution in [-0.4, -0.2) is 37.6 Å². The number of hydrogen-bond donors (Lipinski definition) is 1. The highest BCUT2D eigenvalue weighted by Crippen LogP contribution is 2.37. The lowest BCUT2D eigenvalue weighted by atomic mass is 10.0. The number of nitrogens with one attached hydrogen (secondary N) is 1. The minimum Gasteiger partial charge on any atom is -0.497 e. The molecule has 1 aromatic carbocycles. The van der Waals surface area contributed by atoms with Crippen molar-refractivity contribution in [2.24, 2.45) is 11.8 Å². The van der Waals surface area contributed by atoms with Crippen LogP contribution in [0.5, 0.6) is 5.75 Å². The Morgan fingerprint density at radius 3 is 2.50 bits per heavy atom. The van der Waals surface area contributed by atoms with Crippen molar-refractivity contribution in [1.29, 1.82) is 0 Å². The zero-order valence-corrected chi connectivity index (χ0v) is 13.5. The highest BCUT2D eigenvalue weighted by Gasteiger charge is 2.39. The third kappa shape index (κ3) is 3.43. The molecular weight excluding hydrogens is 276 g/mol. The first-order valence-corrected chi connectivity index (χ1v) is 8.34. The van der Waals surface area contributed by atoms with Crippen molar-refractivity contribution in [3.05, 3.63) is 29.8 Å². The molecule has 4 heteroatoms. The maximum Gasteiger partial charge on any atom is 0.223 e. The van der Waals surface area contributed by atoms with E-state index in [0.717, 1.165) is 25.3 Å². The first kappa shape index (κ1) is 15.3. The molecule has 1 saturated carbocycles.